The molecule has 92 valence electrons. The molecule has 0 aliphatic carbocycles. The van der Waals surface area contributed by atoms with Gasteiger partial charge in [-0.2, -0.15) is 0 Å². The highest BCUT2D eigenvalue weighted by molar-refractivity contribution is 5.34. The summed E-state index contributed by atoms with van der Waals surface area (Å²) in [6.45, 7) is 1.60. The fraction of sp³-hybridized carbons (Fsp3) is 0.400. The lowest BCUT2D eigenvalue weighted by atomic mass is 10.0. The molecule has 1 aromatic rings. The van der Waals surface area contributed by atoms with Gasteiger partial charge in [-0.05, 0) is 17.7 Å². The van der Waals surface area contributed by atoms with Crippen LogP contribution in [-0.4, -0.2) is 21.0 Å². The Morgan fingerprint density at radius 1 is 1.24 bits per heavy atom. The first-order valence-electron chi connectivity index (χ1n) is 5.03. The van der Waals surface area contributed by atoms with Gasteiger partial charge in [0.1, 0.15) is 6.10 Å². The molecule has 0 amide bonds. The van der Waals surface area contributed by atoms with Crippen LogP contribution in [0.15, 0.2) is 24.3 Å². The monoisotopic (exact) mass is 240 g/mol. The summed E-state index contributed by atoms with van der Waals surface area (Å²) >= 11 is 0. The maximum atomic E-state index is 10.7. The largest absolute Gasteiger partial charge is 0.381 e. The first-order valence-corrected chi connectivity index (χ1v) is 5.03. The van der Waals surface area contributed by atoms with Crippen LogP contribution >= 0.6 is 0 Å². The van der Waals surface area contributed by atoms with E-state index in [1.165, 1.54) is 24.3 Å². The van der Waals surface area contributed by atoms with Gasteiger partial charge in [-0.1, -0.05) is 6.92 Å². The molecule has 0 aromatic heterocycles. The molecule has 0 aliphatic heterocycles. The Hall–Kier alpha value is -2.02. The van der Waals surface area contributed by atoms with Crippen LogP contribution in [0.4, 0.5) is 5.69 Å². The summed E-state index contributed by atoms with van der Waals surface area (Å²) in [7, 11) is 0. The summed E-state index contributed by atoms with van der Waals surface area (Å²) in [6, 6.07) is 3.98. The van der Waals surface area contributed by atoms with E-state index in [1.807, 2.05) is 0 Å². The minimum absolute atomic E-state index is 0.116. The summed E-state index contributed by atoms with van der Waals surface area (Å²) in [5, 5.41) is 30.8. The van der Waals surface area contributed by atoms with Crippen LogP contribution < -0.4 is 0 Å². The van der Waals surface area contributed by atoms with Crippen molar-refractivity contribution < 1.29 is 15.0 Å². The van der Waals surface area contributed by atoms with Gasteiger partial charge in [-0.25, -0.2) is 0 Å². The standard InChI is InChI=1S/C10H12N2O5/c1-2-9(12(16)17)10(13)7-3-5-8(6-4-7)11(14)15/h3-6,9-10,13H,2H2,1H3/t9-,10-/m0/s1. The van der Waals surface area contributed by atoms with E-state index in [0.717, 1.165) is 0 Å². The van der Waals surface area contributed by atoms with Gasteiger partial charge >= 0.3 is 0 Å². The predicted octanol–water partition coefficient (Wildman–Crippen LogP) is 1.68. The van der Waals surface area contributed by atoms with E-state index in [1.54, 1.807) is 6.92 Å². The first-order chi connectivity index (χ1) is 7.97. The van der Waals surface area contributed by atoms with Crippen LogP contribution in [0.25, 0.3) is 0 Å². The molecular weight excluding hydrogens is 228 g/mol. The number of hydrogen-bond acceptors (Lipinski definition) is 5. The zero-order valence-corrected chi connectivity index (χ0v) is 9.15. The quantitative estimate of drug-likeness (QED) is 0.622. The number of benzene rings is 1. The number of aliphatic hydroxyl groups excluding tert-OH is 1. The van der Waals surface area contributed by atoms with E-state index in [9.17, 15) is 25.3 Å². The SMILES string of the molecule is CC[C@@H]([C@@H](O)c1ccc([N+](=O)[O-])cc1)[N+](=O)[O-]. The zero-order valence-electron chi connectivity index (χ0n) is 9.15. The van der Waals surface area contributed by atoms with Crippen LogP contribution in [0, 0.1) is 20.2 Å². The zero-order chi connectivity index (χ0) is 13.0. The van der Waals surface area contributed by atoms with Gasteiger partial charge in [0.25, 0.3) is 5.69 Å². The van der Waals surface area contributed by atoms with Crippen molar-refractivity contribution in [2.75, 3.05) is 0 Å². The number of nitro groups is 2. The normalized spacial score (nSPS) is 14.0. The van der Waals surface area contributed by atoms with Gasteiger partial charge < -0.3 is 5.11 Å². The van der Waals surface area contributed by atoms with Gasteiger partial charge in [0, 0.05) is 23.5 Å². The molecule has 0 fully saturated rings. The third kappa shape index (κ3) is 2.97. The molecule has 1 N–H and O–H groups in total. The molecule has 0 spiro atoms. The fourth-order valence-electron chi connectivity index (χ4n) is 1.50. The average Bonchev–Trinajstić information content (AvgIpc) is 2.29. The van der Waals surface area contributed by atoms with Gasteiger partial charge in [0.2, 0.25) is 6.04 Å². The smallest absolute Gasteiger partial charge is 0.269 e. The molecule has 0 radical (unpaired) electrons. The Morgan fingerprint density at radius 2 is 1.76 bits per heavy atom. The van der Waals surface area contributed by atoms with Crippen LogP contribution in [-0.2, 0) is 0 Å². The predicted molar refractivity (Wildman–Crippen MR) is 59.1 cm³/mol. The number of aliphatic hydroxyl groups is 1. The summed E-state index contributed by atoms with van der Waals surface area (Å²) in [6.07, 6.45) is -1.07. The van der Waals surface area contributed by atoms with Crippen molar-refractivity contribution >= 4 is 5.69 Å². The van der Waals surface area contributed by atoms with Crippen molar-refractivity contribution in [2.45, 2.75) is 25.5 Å². The van der Waals surface area contributed by atoms with E-state index in [0.29, 0.717) is 5.56 Å². The molecule has 7 nitrogen and oxygen atoms in total. The second-order valence-electron chi connectivity index (χ2n) is 3.55. The van der Waals surface area contributed by atoms with Crippen molar-refractivity contribution in [2.24, 2.45) is 0 Å². The molecule has 17 heavy (non-hydrogen) atoms. The van der Waals surface area contributed by atoms with E-state index in [-0.39, 0.29) is 12.1 Å². The second kappa shape index (κ2) is 5.35. The van der Waals surface area contributed by atoms with Crippen LogP contribution in [0.5, 0.6) is 0 Å². The van der Waals surface area contributed by atoms with Crippen molar-refractivity contribution in [3.05, 3.63) is 50.1 Å². The van der Waals surface area contributed by atoms with Gasteiger partial charge in [-0.3, -0.25) is 20.2 Å². The van der Waals surface area contributed by atoms with E-state index < -0.39 is 22.0 Å². The van der Waals surface area contributed by atoms with Crippen LogP contribution in [0.2, 0.25) is 0 Å². The lowest BCUT2D eigenvalue weighted by Gasteiger charge is -2.14. The Kier molecular flexibility index (Phi) is 4.11. The summed E-state index contributed by atoms with van der Waals surface area (Å²) in [4.78, 5) is 20.0. The molecule has 0 bridgehead atoms. The lowest BCUT2D eigenvalue weighted by molar-refractivity contribution is -0.536. The highest BCUT2D eigenvalue weighted by Crippen LogP contribution is 2.23. The van der Waals surface area contributed by atoms with E-state index >= 15 is 0 Å². The number of nitrogens with zero attached hydrogens (tertiary/aromatic N) is 2. The molecule has 0 unspecified atom stereocenters. The highest BCUT2D eigenvalue weighted by atomic mass is 16.6. The fourth-order valence-corrected chi connectivity index (χ4v) is 1.50. The molecular formula is C10H12N2O5. The van der Waals surface area contributed by atoms with Crippen molar-refractivity contribution in [3.63, 3.8) is 0 Å². The lowest BCUT2D eigenvalue weighted by Crippen LogP contribution is -2.26. The maximum absolute atomic E-state index is 10.7. The highest BCUT2D eigenvalue weighted by Gasteiger charge is 2.29. The first kappa shape index (κ1) is 13.0. The molecule has 2 atom stereocenters. The molecule has 0 saturated carbocycles. The summed E-state index contributed by atoms with van der Waals surface area (Å²) < 4.78 is 0. The Labute approximate surface area is 97.0 Å². The maximum Gasteiger partial charge on any atom is 0.269 e. The number of hydrogen-bond donors (Lipinski definition) is 1. The molecule has 0 aliphatic rings. The van der Waals surface area contributed by atoms with E-state index in [2.05, 4.69) is 0 Å². The number of nitro benzene ring substituents is 1. The minimum atomic E-state index is -1.25. The van der Waals surface area contributed by atoms with Gasteiger partial charge in [0.05, 0.1) is 4.92 Å². The van der Waals surface area contributed by atoms with Crippen LogP contribution in [0.3, 0.4) is 0 Å². The summed E-state index contributed by atoms with van der Waals surface area (Å²) in [5.41, 5.74) is 0.189. The Bertz CT molecular complexity index is 417. The molecule has 1 rings (SSSR count). The third-order valence-electron chi connectivity index (χ3n) is 2.50. The third-order valence-corrected chi connectivity index (χ3v) is 2.50. The van der Waals surface area contributed by atoms with Gasteiger partial charge in [-0.15, -0.1) is 0 Å². The van der Waals surface area contributed by atoms with E-state index in [4.69, 9.17) is 0 Å². The Morgan fingerprint density at radius 3 is 2.12 bits per heavy atom. The molecule has 1 aromatic carbocycles. The number of rotatable bonds is 5. The Balaban J connectivity index is 2.92. The number of non-ortho nitro benzene ring substituents is 1. The second-order valence-corrected chi connectivity index (χ2v) is 3.55. The van der Waals surface area contributed by atoms with Gasteiger partial charge in [0.15, 0.2) is 0 Å². The molecule has 0 saturated heterocycles. The van der Waals surface area contributed by atoms with Crippen molar-refractivity contribution in [1.82, 2.24) is 0 Å². The molecule has 7 heteroatoms. The van der Waals surface area contributed by atoms with Crippen molar-refractivity contribution in [3.8, 4) is 0 Å². The minimum Gasteiger partial charge on any atom is -0.381 e. The van der Waals surface area contributed by atoms with Crippen molar-refractivity contribution in [1.29, 1.82) is 0 Å². The summed E-state index contributed by atoms with van der Waals surface area (Å²) in [5.74, 6) is 0. The van der Waals surface area contributed by atoms with Crippen LogP contribution in [0.1, 0.15) is 25.0 Å². The average molecular weight is 240 g/mol. The molecule has 0 heterocycles. The topological polar surface area (TPSA) is 107 Å².